The SMILES string of the molecule is CC[C@H](C)[C@H](NC(=O)C(=O)C(Cc1ccccc1)NC(=O)[C@@H](CC(=O)Cc1ccccc1)Cc1ccccc1)C(=O)N1CCCC1C(=O)O. The molecule has 0 aliphatic carbocycles. The van der Waals surface area contributed by atoms with Crippen molar-refractivity contribution < 1.29 is 33.9 Å². The molecule has 0 spiro atoms. The van der Waals surface area contributed by atoms with Crippen molar-refractivity contribution in [3.63, 3.8) is 0 Å². The molecule has 1 heterocycles. The molecule has 49 heavy (non-hydrogen) atoms. The molecule has 5 atom stereocenters. The molecule has 3 aromatic rings. The number of likely N-dealkylation sites (tertiary alicyclic amines) is 1. The van der Waals surface area contributed by atoms with Gasteiger partial charge in [0.15, 0.2) is 0 Å². The van der Waals surface area contributed by atoms with Crippen LogP contribution in [0.25, 0.3) is 0 Å². The average Bonchev–Trinajstić information content (AvgIpc) is 3.61. The lowest BCUT2D eigenvalue weighted by Crippen LogP contribution is -2.57. The first kappa shape index (κ1) is 36.7. The van der Waals surface area contributed by atoms with Crippen LogP contribution in [0, 0.1) is 11.8 Å². The van der Waals surface area contributed by atoms with E-state index in [9.17, 15) is 33.9 Å². The highest BCUT2D eigenvalue weighted by atomic mass is 16.4. The van der Waals surface area contributed by atoms with E-state index in [4.69, 9.17) is 0 Å². The van der Waals surface area contributed by atoms with Crippen LogP contribution in [0.5, 0.6) is 0 Å². The van der Waals surface area contributed by atoms with E-state index in [1.54, 1.807) is 31.2 Å². The monoisotopic (exact) mass is 667 g/mol. The number of benzene rings is 3. The molecule has 2 unspecified atom stereocenters. The molecular weight excluding hydrogens is 622 g/mol. The molecule has 1 fully saturated rings. The van der Waals surface area contributed by atoms with Crippen LogP contribution >= 0.6 is 0 Å². The number of amides is 3. The summed E-state index contributed by atoms with van der Waals surface area (Å²) < 4.78 is 0. The maximum atomic E-state index is 14.0. The maximum absolute atomic E-state index is 14.0. The topological polar surface area (TPSA) is 150 Å². The van der Waals surface area contributed by atoms with Gasteiger partial charge in [0.05, 0.1) is 0 Å². The van der Waals surface area contributed by atoms with Crippen molar-refractivity contribution in [2.75, 3.05) is 6.54 Å². The Morgan fingerprint density at radius 1 is 0.796 bits per heavy atom. The highest BCUT2D eigenvalue weighted by Gasteiger charge is 2.40. The molecule has 3 amide bonds. The van der Waals surface area contributed by atoms with Crippen LogP contribution in [-0.4, -0.2) is 69.9 Å². The third-order valence-corrected chi connectivity index (χ3v) is 9.14. The number of Topliss-reactive ketones (excluding diaryl/α,β-unsaturated/α-hetero) is 2. The first-order valence-corrected chi connectivity index (χ1v) is 16.9. The summed E-state index contributed by atoms with van der Waals surface area (Å²) in [5.74, 6) is -5.55. The van der Waals surface area contributed by atoms with Gasteiger partial charge in [-0.05, 0) is 41.9 Å². The van der Waals surface area contributed by atoms with E-state index in [-0.39, 0.29) is 38.0 Å². The largest absolute Gasteiger partial charge is 0.480 e. The predicted octanol–water partition coefficient (Wildman–Crippen LogP) is 3.95. The number of carbonyl (C=O) groups is 6. The smallest absolute Gasteiger partial charge is 0.326 e. The molecular formula is C39H45N3O7. The third-order valence-electron chi connectivity index (χ3n) is 9.14. The van der Waals surface area contributed by atoms with Crippen molar-refractivity contribution in [3.8, 4) is 0 Å². The van der Waals surface area contributed by atoms with Gasteiger partial charge in [0.2, 0.25) is 17.6 Å². The zero-order valence-corrected chi connectivity index (χ0v) is 28.0. The molecule has 3 N–H and O–H groups in total. The average molecular weight is 668 g/mol. The molecule has 10 heteroatoms. The summed E-state index contributed by atoms with van der Waals surface area (Å²) in [6.07, 6.45) is 1.65. The summed E-state index contributed by atoms with van der Waals surface area (Å²) in [6.45, 7) is 3.83. The van der Waals surface area contributed by atoms with Crippen LogP contribution in [0.1, 0.15) is 56.2 Å². The molecule has 1 saturated heterocycles. The zero-order valence-electron chi connectivity index (χ0n) is 28.0. The number of nitrogens with one attached hydrogen (secondary N) is 2. The number of carbonyl (C=O) groups excluding carboxylic acids is 5. The summed E-state index contributed by atoms with van der Waals surface area (Å²) in [4.78, 5) is 81.3. The second kappa shape index (κ2) is 17.9. The predicted molar refractivity (Wildman–Crippen MR) is 184 cm³/mol. The van der Waals surface area contributed by atoms with E-state index in [2.05, 4.69) is 10.6 Å². The van der Waals surface area contributed by atoms with Gasteiger partial charge < -0.3 is 20.6 Å². The van der Waals surface area contributed by atoms with Gasteiger partial charge in [0.1, 0.15) is 23.9 Å². The molecule has 10 nitrogen and oxygen atoms in total. The normalized spacial score (nSPS) is 16.5. The van der Waals surface area contributed by atoms with Crippen LogP contribution < -0.4 is 10.6 Å². The number of carboxylic acid groups (broad SMARTS) is 1. The van der Waals surface area contributed by atoms with Gasteiger partial charge in [-0.25, -0.2) is 4.79 Å². The van der Waals surface area contributed by atoms with Gasteiger partial charge in [-0.1, -0.05) is 111 Å². The van der Waals surface area contributed by atoms with E-state index >= 15 is 0 Å². The minimum absolute atomic E-state index is 0.00398. The summed E-state index contributed by atoms with van der Waals surface area (Å²) in [7, 11) is 0. The molecule has 3 aromatic carbocycles. The van der Waals surface area contributed by atoms with E-state index in [0.717, 1.165) is 11.1 Å². The molecule has 0 saturated carbocycles. The number of ketones is 2. The number of aliphatic carboxylic acids is 1. The Hall–Kier alpha value is -5.12. The number of nitrogens with zero attached hydrogens (tertiary/aromatic N) is 1. The third kappa shape index (κ3) is 10.4. The zero-order chi connectivity index (χ0) is 35.3. The highest BCUT2D eigenvalue weighted by Crippen LogP contribution is 2.22. The second-order valence-electron chi connectivity index (χ2n) is 12.8. The number of hydrogen-bond donors (Lipinski definition) is 3. The molecule has 258 valence electrons. The van der Waals surface area contributed by atoms with Crippen molar-refractivity contribution in [2.45, 2.75) is 76.9 Å². The Labute approximate surface area is 287 Å². The molecule has 0 radical (unpaired) electrons. The Balaban J connectivity index is 1.56. The van der Waals surface area contributed by atoms with Gasteiger partial charge in [-0.3, -0.25) is 24.0 Å². The first-order chi connectivity index (χ1) is 23.6. The standard InChI is InChI=1S/C39H45N3O7/c1-3-26(2)34(38(47)42-21-13-20-33(42)39(48)49)41-37(46)35(44)32(24-29-18-11-6-12-19-29)40-36(45)30(22-27-14-7-4-8-15-27)25-31(43)23-28-16-9-5-10-17-28/h4-12,14-19,26,30,32-34H,3,13,20-25H2,1-2H3,(H,40,45)(H,41,46)(H,48,49)/t26-,30+,32?,33?,34-/m0/s1. The highest BCUT2D eigenvalue weighted by molar-refractivity contribution is 6.38. The Morgan fingerprint density at radius 2 is 1.35 bits per heavy atom. The van der Waals surface area contributed by atoms with Crippen LogP contribution in [-0.2, 0) is 48.0 Å². The Bertz CT molecular complexity index is 1600. The fourth-order valence-electron chi connectivity index (χ4n) is 6.19. The Morgan fingerprint density at radius 3 is 1.90 bits per heavy atom. The number of carboxylic acids is 1. The van der Waals surface area contributed by atoms with E-state index < -0.39 is 59.4 Å². The van der Waals surface area contributed by atoms with E-state index in [1.165, 1.54) is 4.90 Å². The van der Waals surface area contributed by atoms with Crippen LogP contribution in [0.15, 0.2) is 91.0 Å². The minimum atomic E-state index is -1.29. The summed E-state index contributed by atoms with van der Waals surface area (Å²) in [5, 5.41) is 15.0. The van der Waals surface area contributed by atoms with Gasteiger partial charge in [-0.2, -0.15) is 0 Å². The van der Waals surface area contributed by atoms with Crippen molar-refractivity contribution in [1.29, 1.82) is 0 Å². The van der Waals surface area contributed by atoms with Gasteiger partial charge >= 0.3 is 5.97 Å². The van der Waals surface area contributed by atoms with E-state index in [1.807, 2.05) is 73.7 Å². The van der Waals surface area contributed by atoms with Gasteiger partial charge in [0.25, 0.3) is 5.91 Å². The summed E-state index contributed by atoms with van der Waals surface area (Å²) in [6, 6.07) is 24.0. The number of hydrogen-bond acceptors (Lipinski definition) is 6. The fraction of sp³-hybridized carbons (Fsp3) is 0.385. The maximum Gasteiger partial charge on any atom is 0.326 e. The van der Waals surface area contributed by atoms with Crippen molar-refractivity contribution in [2.24, 2.45) is 11.8 Å². The molecule has 1 aliphatic rings. The van der Waals surface area contributed by atoms with Crippen LogP contribution in [0.4, 0.5) is 0 Å². The van der Waals surface area contributed by atoms with Crippen LogP contribution in [0.2, 0.25) is 0 Å². The van der Waals surface area contributed by atoms with Crippen molar-refractivity contribution >= 4 is 35.3 Å². The first-order valence-electron chi connectivity index (χ1n) is 16.9. The van der Waals surface area contributed by atoms with E-state index in [0.29, 0.717) is 24.8 Å². The molecule has 1 aliphatic heterocycles. The summed E-state index contributed by atoms with van der Waals surface area (Å²) in [5.41, 5.74) is 2.37. The molecule has 0 bridgehead atoms. The molecule has 0 aromatic heterocycles. The summed E-state index contributed by atoms with van der Waals surface area (Å²) >= 11 is 0. The van der Waals surface area contributed by atoms with Crippen molar-refractivity contribution in [3.05, 3.63) is 108 Å². The van der Waals surface area contributed by atoms with Gasteiger partial charge in [0, 0.05) is 31.7 Å². The minimum Gasteiger partial charge on any atom is -0.480 e. The number of rotatable bonds is 17. The quantitative estimate of drug-likeness (QED) is 0.185. The lowest BCUT2D eigenvalue weighted by Gasteiger charge is -2.30. The van der Waals surface area contributed by atoms with Crippen molar-refractivity contribution in [1.82, 2.24) is 15.5 Å². The molecule has 4 rings (SSSR count). The van der Waals surface area contributed by atoms with Gasteiger partial charge in [-0.15, -0.1) is 0 Å². The lowest BCUT2D eigenvalue weighted by atomic mass is 9.90. The lowest BCUT2D eigenvalue weighted by molar-refractivity contribution is -0.150. The Kier molecular flexibility index (Phi) is 13.4. The fourth-order valence-corrected chi connectivity index (χ4v) is 6.19. The van der Waals surface area contributed by atoms with Crippen LogP contribution in [0.3, 0.4) is 0 Å². The second-order valence-corrected chi connectivity index (χ2v) is 12.8.